The van der Waals surface area contributed by atoms with Crippen LogP contribution in [-0.2, 0) is 0 Å². The highest BCUT2D eigenvalue weighted by Gasteiger charge is 2.12. The Hall–Kier alpha value is -1.42. The SMILES string of the molecule is Cc1cc(C(=O)CCCl)cc([N+](=O)[O-])c1. The summed E-state index contributed by atoms with van der Waals surface area (Å²) in [6, 6.07) is 4.33. The van der Waals surface area contributed by atoms with Crippen molar-refractivity contribution >= 4 is 23.1 Å². The van der Waals surface area contributed by atoms with Gasteiger partial charge in [-0.25, -0.2) is 0 Å². The third-order valence-electron chi connectivity index (χ3n) is 1.92. The molecule has 0 N–H and O–H groups in total. The van der Waals surface area contributed by atoms with E-state index in [2.05, 4.69) is 0 Å². The van der Waals surface area contributed by atoms with Gasteiger partial charge in [0, 0.05) is 30.0 Å². The van der Waals surface area contributed by atoms with E-state index >= 15 is 0 Å². The van der Waals surface area contributed by atoms with Gasteiger partial charge < -0.3 is 0 Å². The maximum absolute atomic E-state index is 11.5. The zero-order valence-electron chi connectivity index (χ0n) is 8.20. The van der Waals surface area contributed by atoms with Crippen molar-refractivity contribution in [2.45, 2.75) is 13.3 Å². The van der Waals surface area contributed by atoms with Crippen LogP contribution in [0, 0.1) is 17.0 Å². The second-order valence-electron chi connectivity index (χ2n) is 3.18. The average molecular weight is 228 g/mol. The molecular weight excluding hydrogens is 218 g/mol. The monoisotopic (exact) mass is 227 g/mol. The standard InChI is InChI=1S/C10H10ClNO3/c1-7-4-8(10(13)2-3-11)6-9(5-7)12(14)15/h4-6H,2-3H2,1H3. The molecular formula is C10H10ClNO3. The van der Waals surface area contributed by atoms with E-state index < -0.39 is 4.92 Å². The lowest BCUT2D eigenvalue weighted by atomic mass is 10.1. The van der Waals surface area contributed by atoms with Crippen LogP contribution in [-0.4, -0.2) is 16.6 Å². The van der Waals surface area contributed by atoms with Crippen LogP contribution < -0.4 is 0 Å². The van der Waals surface area contributed by atoms with Crippen molar-refractivity contribution < 1.29 is 9.72 Å². The molecule has 0 saturated carbocycles. The molecule has 0 radical (unpaired) electrons. The van der Waals surface area contributed by atoms with E-state index in [0.717, 1.165) is 0 Å². The predicted octanol–water partition coefficient (Wildman–Crippen LogP) is 2.71. The molecule has 1 rings (SSSR count). The van der Waals surface area contributed by atoms with Gasteiger partial charge in [0.2, 0.25) is 0 Å². The largest absolute Gasteiger partial charge is 0.294 e. The first-order valence-corrected chi connectivity index (χ1v) is 4.93. The number of carbonyl (C=O) groups excluding carboxylic acids is 1. The molecule has 0 unspecified atom stereocenters. The minimum Gasteiger partial charge on any atom is -0.294 e. The zero-order valence-corrected chi connectivity index (χ0v) is 8.95. The Morgan fingerprint density at radius 3 is 2.67 bits per heavy atom. The van der Waals surface area contributed by atoms with Crippen molar-refractivity contribution in [2.24, 2.45) is 0 Å². The van der Waals surface area contributed by atoms with Gasteiger partial charge in [-0.15, -0.1) is 11.6 Å². The van der Waals surface area contributed by atoms with Gasteiger partial charge in [-0.1, -0.05) is 0 Å². The number of carbonyl (C=O) groups is 1. The molecule has 0 aliphatic rings. The maximum atomic E-state index is 11.5. The minimum absolute atomic E-state index is 0.0621. The number of benzene rings is 1. The van der Waals surface area contributed by atoms with Gasteiger partial charge in [0.1, 0.15) is 0 Å². The van der Waals surface area contributed by atoms with E-state index in [1.54, 1.807) is 13.0 Å². The number of ketones is 1. The highest BCUT2D eigenvalue weighted by molar-refractivity contribution is 6.19. The van der Waals surface area contributed by atoms with Crippen LogP contribution in [0.5, 0.6) is 0 Å². The molecule has 0 aliphatic heterocycles. The van der Waals surface area contributed by atoms with Crippen LogP contribution in [0.15, 0.2) is 18.2 Å². The topological polar surface area (TPSA) is 60.2 Å². The molecule has 0 amide bonds. The summed E-state index contributed by atoms with van der Waals surface area (Å²) in [6.45, 7) is 1.71. The first-order valence-electron chi connectivity index (χ1n) is 4.40. The Labute approximate surface area is 92.0 Å². The molecule has 0 aromatic heterocycles. The lowest BCUT2D eigenvalue weighted by molar-refractivity contribution is -0.384. The normalized spacial score (nSPS) is 10.0. The van der Waals surface area contributed by atoms with Crippen LogP contribution in [0.2, 0.25) is 0 Å². The summed E-state index contributed by atoms with van der Waals surface area (Å²) in [5, 5.41) is 10.6. The Morgan fingerprint density at radius 2 is 2.13 bits per heavy atom. The predicted molar refractivity (Wildman–Crippen MR) is 57.5 cm³/mol. The molecule has 1 aromatic rings. The minimum atomic E-state index is -0.509. The fraction of sp³-hybridized carbons (Fsp3) is 0.300. The third kappa shape index (κ3) is 3.02. The van der Waals surface area contributed by atoms with Crippen molar-refractivity contribution in [2.75, 3.05) is 5.88 Å². The lowest BCUT2D eigenvalue weighted by Gasteiger charge is -2.00. The maximum Gasteiger partial charge on any atom is 0.270 e. The fourth-order valence-corrected chi connectivity index (χ4v) is 1.43. The number of alkyl halides is 1. The van der Waals surface area contributed by atoms with E-state index in [1.807, 2.05) is 0 Å². The molecule has 80 valence electrons. The molecule has 15 heavy (non-hydrogen) atoms. The number of non-ortho nitro benzene ring substituents is 1. The van der Waals surface area contributed by atoms with Crippen LogP contribution in [0.3, 0.4) is 0 Å². The van der Waals surface area contributed by atoms with Crippen molar-refractivity contribution in [1.29, 1.82) is 0 Å². The smallest absolute Gasteiger partial charge is 0.270 e. The van der Waals surface area contributed by atoms with E-state index in [4.69, 9.17) is 11.6 Å². The van der Waals surface area contributed by atoms with E-state index in [1.165, 1.54) is 12.1 Å². The number of nitro groups is 1. The molecule has 0 spiro atoms. The second kappa shape index (κ2) is 4.89. The molecule has 0 saturated heterocycles. The first kappa shape index (κ1) is 11.7. The number of hydrogen-bond donors (Lipinski definition) is 0. The highest BCUT2D eigenvalue weighted by Crippen LogP contribution is 2.17. The van der Waals surface area contributed by atoms with Crippen molar-refractivity contribution in [3.63, 3.8) is 0 Å². The van der Waals surface area contributed by atoms with Crippen molar-refractivity contribution in [3.8, 4) is 0 Å². The molecule has 0 heterocycles. The Kier molecular flexibility index (Phi) is 3.80. The van der Waals surface area contributed by atoms with E-state index in [9.17, 15) is 14.9 Å². The van der Waals surface area contributed by atoms with Crippen LogP contribution in [0.25, 0.3) is 0 Å². The molecule has 0 aliphatic carbocycles. The van der Waals surface area contributed by atoms with Crippen molar-refractivity contribution in [1.82, 2.24) is 0 Å². The van der Waals surface area contributed by atoms with E-state index in [-0.39, 0.29) is 23.8 Å². The summed E-state index contributed by atoms with van der Waals surface area (Å²) in [6.07, 6.45) is 0.197. The number of rotatable bonds is 4. The van der Waals surface area contributed by atoms with Gasteiger partial charge in [-0.2, -0.15) is 0 Å². The van der Waals surface area contributed by atoms with Crippen LogP contribution in [0.4, 0.5) is 5.69 Å². The number of nitro benzene ring substituents is 1. The summed E-state index contributed by atoms with van der Waals surface area (Å²) < 4.78 is 0. The number of hydrogen-bond acceptors (Lipinski definition) is 3. The van der Waals surface area contributed by atoms with Gasteiger partial charge in [0.05, 0.1) is 4.92 Å². The number of nitrogens with zero attached hydrogens (tertiary/aromatic N) is 1. The molecule has 1 aromatic carbocycles. The molecule has 0 bridgehead atoms. The molecule has 0 atom stereocenters. The first-order chi connectivity index (χ1) is 7.04. The van der Waals surface area contributed by atoms with Gasteiger partial charge in [-0.3, -0.25) is 14.9 Å². The Bertz CT molecular complexity index is 404. The number of Topliss-reactive ketones (excluding diaryl/α,β-unsaturated/α-hetero) is 1. The van der Waals surface area contributed by atoms with Gasteiger partial charge >= 0.3 is 0 Å². The average Bonchev–Trinajstić information content (AvgIpc) is 2.17. The summed E-state index contributed by atoms with van der Waals surface area (Å²) in [5.74, 6) is 0.0532. The van der Waals surface area contributed by atoms with Gasteiger partial charge in [-0.05, 0) is 18.6 Å². The number of halogens is 1. The summed E-state index contributed by atoms with van der Waals surface area (Å²) in [5.41, 5.74) is 0.984. The van der Waals surface area contributed by atoms with Crippen LogP contribution in [0.1, 0.15) is 22.3 Å². The quantitative estimate of drug-likeness (QED) is 0.344. The lowest BCUT2D eigenvalue weighted by Crippen LogP contribution is -2.01. The Morgan fingerprint density at radius 1 is 1.47 bits per heavy atom. The molecule has 4 nitrogen and oxygen atoms in total. The number of aryl methyl sites for hydroxylation is 1. The Balaban J connectivity index is 3.09. The molecule has 0 fully saturated rings. The zero-order chi connectivity index (χ0) is 11.4. The van der Waals surface area contributed by atoms with Gasteiger partial charge in [0.15, 0.2) is 5.78 Å². The highest BCUT2D eigenvalue weighted by atomic mass is 35.5. The van der Waals surface area contributed by atoms with Crippen LogP contribution >= 0.6 is 11.6 Å². The summed E-state index contributed by atoms with van der Waals surface area (Å²) >= 11 is 5.43. The van der Waals surface area contributed by atoms with Crippen molar-refractivity contribution in [3.05, 3.63) is 39.4 Å². The molecule has 5 heteroatoms. The fourth-order valence-electron chi connectivity index (χ4n) is 1.26. The summed E-state index contributed by atoms with van der Waals surface area (Å²) in [7, 11) is 0. The second-order valence-corrected chi connectivity index (χ2v) is 3.55. The summed E-state index contributed by atoms with van der Waals surface area (Å²) in [4.78, 5) is 21.5. The van der Waals surface area contributed by atoms with E-state index in [0.29, 0.717) is 11.1 Å². The van der Waals surface area contributed by atoms with Gasteiger partial charge in [0.25, 0.3) is 5.69 Å². The third-order valence-corrected chi connectivity index (χ3v) is 2.11.